The largest absolute Gasteiger partial charge is 1.00 e. The second kappa shape index (κ2) is 8.49. The van der Waals surface area contributed by atoms with Crippen molar-refractivity contribution in [1.29, 1.82) is 0 Å². The molecule has 118 valence electrons. The van der Waals surface area contributed by atoms with Gasteiger partial charge in [-0.25, -0.2) is 0 Å². The topological polar surface area (TPSA) is 70.8 Å². The quantitative estimate of drug-likeness (QED) is 0.420. The fraction of sp³-hybridized carbons (Fsp3) is 0.188. The van der Waals surface area contributed by atoms with Crippen LogP contribution in [0.25, 0.3) is 16.5 Å². The van der Waals surface area contributed by atoms with E-state index in [4.69, 9.17) is 0 Å². The maximum atomic E-state index is 10.7. The molecule has 0 aliphatic carbocycles. The molecule has 8 heteroatoms. The maximum absolute atomic E-state index is 10.7. The number of fused-ring (bicyclic) bond motifs is 1. The summed E-state index contributed by atoms with van der Waals surface area (Å²) in [6, 6.07) is 12.2. The van der Waals surface area contributed by atoms with E-state index in [0.717, 1.165) is 29.3 Å². The third-order valence-electron chi connectivity index (χ3n) is 3.53. The summed E-state index contributed by atoms with van der Waals surface area (Å²) >= 11 is 4.48. The number of carbonyl (C=O) groups excluding carboxylic acids is 1. The maximum Gasteiger partial charge on any atom is 1.00 e. The Labute approximate surface area is 174 Å². The molecule has 0 atom stereocenters. The Bertz CT molecular complexity index is 885. The summed E-state index contributed by atoms with van der Waals surface area (Å²) in [6.45, 7) is 2.12. The molecule has 0 aliphatic rings. The fourth-order valence-electron chi connectivity index (χ4n) is 2.52. The minimum absolute atomic E-state index is 0. The Balaban J connectivity index is 0.00000208. The zero-order valence-electron chi connectivity index (χ0n) is 13.3. The summed E-state index contributed by atoms with van der Waals surface area (Å²) < 4.78 is 2.35. The molecule has 0 bridgehead atoms. The molecule has 0 saturated heterocycles. The van der Waals surface area contributed by atoms with E-state index in [1.54, 1.807) is 0 Å². The van der Waals surface area contributed by atoms with Crippen LogP contribution in [0.5, 0.6) is 0 Å². The molecule has 0 spiro atoms. The zero-order valence-corrected chi connectivity index (χ0v) is 17.7. The van der Waals surface area contributed by atoms with Crippen LogP contribution in [0, 0.1) is 0 Å². The predicted octanol–water partition coefficient (Wildman–Crippen LogP) is -0.409. The molecule has 0 amide bonds. The van der Waals surface area contributed by atoms with Crippen molar-refractivity contribution in [1.82, 2.24) is 14.8 Å². The van der Waals surface area contributed by atoms with Gasteiger partial charge in [-0.3, -0.25) is 4.57 Å². The van der Waals surface area contributed by atoms with Gasteiger partial charge in [-0.15, -0.1) is 10.2 Å². The average Bonchev–Trinajstić information content (AvgIpc) is 2.92. The Hall–Kier alpha value is -0.860. The first-order valence-electron chi connectivity index (χ1n) is 7.06. The number of carboxylic acid groups (broad SMARTS) is 1. The van der Waals surface area contributed by atoms with Crippen molar-refractivity contribution in [2.75, 3.05) is 5.75 Å². The van der Waals surface area contributed by atoms with Crippen LogP contribution >= 0.6 is 27.7 Å². The molecule has 1 aromatic heterocycles. The zero-order chi connectivity index (χ0) is 16.4. The second-order valence-electron chi connectivity index (χ2n) is 4.89. The first-order valence-corrected chi connectivity index (χ1v) is 8.84. The molecule has 24 heavy (non-hydrogen) atoms. The fourth-order valence-corrected chi connectivity index (χ4v) is 3.74. The van der Waals surface area contributed by atoms with E-state index in [-0.39, 0.29) is 35.3 Å². The monoisotopic (exact) mass is 413 g/mol. The molecule has 0 saturated carbocycles. The van der Waals surface area contributed by atoms with Crippen LogP contribution in [0.15, 0.2) is 46.3 Å². The van der Waals surface area contributed by atoms with Crippen molar-refractivity contribution in [3.8, 4) is 5.69 Å². The second-order valence-corrected chi connectivity index (χ2v) is 6.54. The molecule has 3 rings (SSSR count). The van der Waals surface area contributed by atoms with Gasteiger partial charge in [0.05, 0.1) is 11.7 Å². The molecular weight excluding hydrogens is 401 g/mol. The molecule has 1 heterocycles. The number of hydrogen-bond acceptors (Lipinski definition) is 5. The summed E-state index contributed by atoms with van der Waals surface area (Å²) in [6.07, 6.45) is 0.941. The van der Waals surface area contributed by atoms with Crippen LogP contribution in [0.2, 0.25) is 0 Å². The molecule has 0 radical (unpaired) electrons. The van der Waals surface area contributed by atoms with Crippen molar-refractivity contribution in [3.63, 3.8) is 0 Å². The summed E-state index contributed by atoms with van der Waals surface area (Å²) in [5.41, 5.74) is 2.17. The first-order chi connectivity index (χ1) is 11.1. The Morgan fingerprint density at radius 1 is 1.21 bits per heavy atom. The van der Waals surface area contributed by atoms with Crippen molar-refractivity contribution in [2.45, 2.75) is 18.5 Å². The van der Waals surface area contributed by atoms with Gasteiger partial charge in [-0.1, -0.05) is 49.0 Å². The van der Waals surface area contributed by atoms with Gasteiger partial charge in [0.15, 0.2) is 5.16 Å². The van der Waals surface area contributed by atoms with Gasteiger partial charge < -0.3 is 9.90 Å². The predicted molar refractivity (Wildman–Crippen MR) is 91.7 cm³/mol. The van der Waals surface area contributed by atoms with Gasteiger partial charge in [0.1, 0.15) is 0 Å². The smallest absolute Gasteiger partial charge is 0.549 e. The summed E-state index contributed by atoms with van der Waals surface area (Å²) in [5, 5.41) is 21.5. The van der Waals surface area contributed by atoms with Gasteiger partial charge >= 0.3 is 29.6 Å². The van der Waals surface area contributed by atoms with Crippen LogP contribution in [0.1, 0.15) is 12.5 Å². The van der Waals surface area contributed by atoms with Gasteiger partial charge in [0.2, 0.25) is 4.73 Å². The third-order valence-corrected chi connectivity index (χ3v) is 4.94. The van der Waals surface area contributed by atoms with E-state index in [0.29, 0.717) is 9.89 Å². The molecule has 5 nitrogen and oxygen atoms in total. The van der Waals surface area contributed by atoms with Crippen molar-refractivity contribution in [2.24, 2.45) is 0 Å². The average molecular weight is 414 g/mol. The van der Waals surface area contributed by atoms with Crippen LogP contribution in [0.4, 0.5) is 0 Å². The van der Waals surface area contributed by atoms with E-state index in [2.05, 4.69) is 45.2 Å². The molecule has 3 aromatic rings. The Morgan fingerprint density at radius 2 is 1.92 bits per heavy atom. The summed E-state index contributed by atoms with van der Waals surface area (Å²) in [7, 11) is 0. The van der Waals surface area contributed by atoms with E-state index in [1.807, 2.05) is 28.8 Å². The molecule has 0 aliphatic heterocycles. The molecule has 0 N–H and O–H groups in total. The van der Waals surface area contributed by atoms with Gasteiger partial charge in [-0.05, 0) is 39.4 Å². The Kier molecular flexibility index (Phi) is 6.88. The first kappa shape index (κ1) is 19.5. The number of benzene rings is 2. The number of nitrogens with zero attached hydrogens (tertiary/aromatic N) is 3. The van der Waals surface area contributed by atoms with Crippen LogP contribution < -0.4 is 34.7 Å². The molecule has 0 unspecified atom stereocenters. The molecular formula is C16H13BrN3NaO2S. The van der Waals surface area contributed by atoms with Gasteiger partial charge in [-0.2, -0.15) is 0 Å². The van der Waals surface area contributed by atoms with Crippen molar-refractivity contribution in [3.05, 3.63) is 46.7 Å². The van der Waals surface area contributed by atoms with E-state index < -0.39 is 5.97 Å². The molecule has 0 fully saturated rings. The standard InChI is InChI=1S/C16H14BrN3O2S.Na/c1-2-10-7-8-13(12-6-4-3-5-11(10)12)20-15(17)18-19-16(20)23-9-14(21)22;/h3-8H,2,9H2,1H3,(H,21,22);/q;+1/p-1. The normalized spacial score (nSPS) is 10.6. The molecule has 2 aromatic carbocycles. The van der Waals surface area contributed by atoms with Gasteiger partial charge in [0, 0.05) is 11.1 Å². The van der Waals surface area contributed by atoms with Crippen LogP contribution in [-0.2, 0) is 11.2 Å². The summed E-state index contributed by atoms with van der Waals surface area (Å²) in [4.78, 5) is 10.7. The number of hydrogen-bond donors (Lipinski definition) is 0. The third kappa shape index (κ3) is 3.86. The number of aryl methyl sites for hydroxylation is 1. The summed E-state index contributed by atoms with van der Waals surface area (Å²) in [5.74, 6) is -1.30. The number of aliphatic carboxylic acids is 1. The SMILES string of the molecule is CCc1ccc(-n2c(Br)nnc2SCC(=O)[O-])c2ccccc12.[Na+]. The van der Waals surface area contributed by atoms with E-state index in [9.17, 15) is 9.90 Å². The van der Waals surface area contributed by atoms with E-state index in [1.165, 1.54) is 10.9 Å². The number of rotatable bonds is 5. The number of thioether (sulfide) groups is 1. The van der Waals surface area contributed by atoms with E-state index >= 15 is 0 Å². The van der Waals surface area contributed by atoms with Crippen molar-refractivity contribution >= 4 is 44.4 Å². The minimum Gasteiger partial charge on any atom is -0.549 e. The van der Waals surface area contributed by atoms with Crippen molar-refractivity contribution < 1.29 is 39.5 Å². The number of aromatic nitrogens is 3. The number of carbonyl (C=O) groups is 1. The van der Waals surface area contributed by atoms with Crippen LogP contribution in [-0.4, -0.2) is 26.5 Å². The van der Waals surface area contributed by atoms with Gasteiger partial charge in [0.25, 0.3) is 0 Å². The Morgan fingerprint density at radius 3 is 2.58 bits per heavy atom. The van der Waals surface area contributed by atoms with Crippen LogP contribution in [0.3, 0.4) is 0 Å². The minimum atomic E-state index is -1.13. The number of halogens is 1. The number of carboxylic acids is 1.